The molecule has 0 aliphatic heterocycles. The highest BCUT2D eigenvalue weighted by Gasteiger charge is 2.28. The molecule has 1 aromatic heterocycles. The van der Waals surface area contributed by atoms with Crippen LogP contribution in [0.3, 0.4) is 0 Å². The zero-order chi connectivity index (χ0) is 21.7. The molecule has 3 rings (SSSR count). The van der Waals surface area contributed by atoms with Gasteiger partial charge in [-0.3, -0.25) is 19.1 Å². The number of nitrogens with one attached hydrogen (secondary N) is 1. The van der Waals surface area contributed by atoms with Crippen molar-refractivity contribution in [3.63, 3.8) is 0 Å². The first-order valence-corrected chi connectivity index (χ1v) is 11.0. The van der Waals surface area contributed by atoms with E-state index < -0.39 is 22.5 Å². The molecule has 0 fully saturated rings. The van der Waals surface area contributed by atoms with Gasteiger partial charge in [0.2, 0.25) is 5.91 Å². The van der Waals surface area contributed by atoms with Crippen LogP contribution >= 0.6 is 11.6 Å². The molecule has 1 heterocycles. The predicted octanol–water partition coefficient (Wildman–Crippen LogP) is 3.26. The minimum Gasteiger partial charge on any atom is -0.349 e. The lowest BCUT2D eigenvalue weighted by Crippen LogP contribution is -2.41. The fourth-order valence-corrected chi connectivity index (χ4v) is 4.45. The van der Waals surface area contributed by atoms with E-state index in [9.17, 15) is 13.2 Å². The number of sulfonamides is 1. The number of carbonyl (C=O) groups excluding carboxylic acids is 1. The first-order valence-electron chi connectivity index (χ1n) is 9.15. The number of amides is 1. The van der Waals surface area contributed by atoms with Gasteiger partial charge in [0.25, 0.3) is 10.0 Å². The summed E-state index contributed by atoms with van der Waals surface area (Å²) in [6, 6.07) is 11.4. The lowest BCUT2D eigenvalue weighted by molar-refractivity contribution is -0.119. The van der Waals surface area contributed by atoms with Gasteiger partial charge in [0, 0.05) is 17.4 Å². The maximum absolute atomic E-state index is 13.4. The van der Waals surface area contributed by atoms with Gasteiger partial charge in [-0.25, -0.2) is 8.42 Å². The van der Waals surface area contributed by atoms with E-state index in [0.29, 0.717) is 22.0 Å². The maximum atomic E-state index is 13.4. The summed E-state index contributed by atoms with van der Waals surface area (Å²) in [6.07, 6.45) is 4.58. The van der Waals surface area contributed by atoms with Gasteiger partial charge in [0.05, 0.1) is 29.0 Å². The number of carbonyl (C=O) groups is 1. The zero-order valence-corrected chi connectivity index (χ0v) is 18.1. The highest BCUT2D eigenvalue weighted by atomic mass is 35.5. The molecule has 0 saturated heterocycles. The molecule has 30 heavy (non-hydrogen) atoms. The number of benzene rings is 2. The normalized spacial score (nSPS) is 11.2. The van der Waals surface area contributed by atoms with Gasteiger partial charge in [-0.15, -0.1) is 0 Å². The molecule has 0 spiro atoms. The molecule has 7 nitrogen and oxygen atoms in total. The number of aromatic nitrogens is 2. The lowest BCUT2D eigenvalue weighted by Gasteiger charge is -2.26. The van der Waals surface area contributed by atoms with Crippen molar-refractivity contribution in [2.24, 2.45) is 0 Å². The average molecular weight is 445 g/mol. The van der Waals surface area contributed by atoms with Crippen LogP contribution in [-0.2, 0) is 21.4 Å². The van der Waals surface area contributed by atoms with Crippen molar-refractivity contribution in [2.45, 2.75) is 25.3 Å². The predicted molar refractivity (Wildman–Crippen MR) is 116 cm³/mol. The second-order valence-electron chi connectivity index (χ2n) is 6.68. The zero-order valence-electron chi connectivity index (χ0n) is 16.5. The van der Waals surface area contributed by atoms with Crippen molar-refractivity contribution in [3.05, 3.63) is 82.9 Å². The molecule has 9 heteroatoms. The van der Waals surface area contributed by atoms with Gasteiger partial charge in [-0.05, 0) is 43.7 Å². The minimum atomic E-state index is -4.00. The maximum Gasteiger partial charge on any atom is 0.264 e. The van der Waals surface area contributed by atoms with Gasteiger partial charge in [-0.2, -0.15) is 0 Å². The largest absolute Gasteiger partial charge is 0.349 e. The summed E-state index contributed by atoms with van der Waals surface area (Å²) >= 11 is 6.22. The standard InChI is InChI=1S/C21H21ClN4O3S/c1-15-6-8-18(9-7-15)30(28,29)26(20-5-3-4-19(22)16(20)2)14-21(27)25-13-17-12-23-10-11-24-17/h3-12H,13-14H2,1-2H3,(H,25,27). The molecule has 0 atom stereocenters. The Hall–Kier alpha value is -2.97. The molecule has 1 amide bonds. The second kappa shape index (κ2) is 9.23. The van der Waals surface area contributed by atoms with Crippen LogP contribution < -0.4 is 9.62 Å². The molecule has 0 aliphatic carbocycles. The van der Waals surface area contributed by atoms with Crippen LogP contribution in [0.2, 0.25) is 5.02 Å². The minimum absolute atomic E-state index is 0.0919. The van der Waals surface area contributed by atoms with E-state index in [1.807, 2.05) is 6.92 Å². The lowest BCUT2D eigenvalue weighted by atomic mass is 10.2. The third-order valence-electron chi connectivity index (χ3n) is 4.49. The number of rotatable bonds is 7. The van der Waals surface area contributed by atoms with Crippen molar-refractivity contribution in [3.8, 4) is 0 Å². The van der Waals surface area contributed by atoms with Crippen LogP contribution in [0.25, 0.3) is 0 Å². The Balaban J connectivity index is 1.92. The van der Waals surface area contributed by atoms with Crippen molar-refractivity contribution in [2.75, 3.05) is 10.8 Å². The number of nitrogens with zero attached hydrogens (tertiary/aromatic N) is 3. The van der Waals surface area contributed by atoms with Crippen molar-refractivity contribution in [1.82, 2.24) is 15.3 Å². The second-order valence-corrected chi connectivity index (χ2v) is 8.95. The highest BCUT2D eigenvalue weighted by molar-refractivity contribution is 7.92. The average Bonchev–Trinajstić information content (AvgIpc) is 2.74. The summed E-state index contributed by atoms with van der Waals surface area (Å²) < 4.78 is 27.9. The van der Waals surface area contributed by atoms with Crippen molar-refractivity contribution < 1.29 is 13.2 Å². The van der Waals surface area contributed by atoms with E-state index in [2.05, 4.69) is 15.3 Å². The molecule has 2 aromatic carbocycles. The summed E-state index contributed by atoms with van der Waals surface area (Å²) in [5.74, 6) is -0.476. The first kappa shape index (κ1) is 21.7. The summed E-state index contributed by atoms with van der Waals surface area (Å²) in [6.45, 7) is 3.32. The van der Waals surface area contributed by atoms with Gasteiger partial charge in [-0.1, -0.05) is 35.4 Å². The van der Waals surface area contributed by atoms with Crippen LogP contribution in [0.5, 0.6) is 0 Å². The van der Waals surface area contributed by atoms with Crippen LogP contribution in [0.4, 0.5) is 5.69 Å². The molecule has 3 aromatic rings. The summed E-state index contributed by atoms with van der Waals surface area (Å²) in [7, 11) is -4.00. The van der Waals surface area contributed by atoms with Crippen LogP contribution in [0.15, 0.2) is 66.0 Å². The molecular weight excluding hydrogens is 424 g/mol. The number of hydrogen-bond donors (Lipinski definition) is 1. The Kier molecular flexibility index (Phi) is 6.69. The number of halogens is 1. The topological polar surface area (TPSA) is 92.3 Å². The molecule has 156 valence electrons. The molecule has 0 bridgehead atoms. The van der Waals surface area contributed by atoms with Crippen LogP contribution in [0, 0.1) is 13.8 Å². The summed E-state index contributed by atoms with van der Waals surface area (Å²) in [5.41, 5.74) is 2.41. The molecular formula is C21H21ClN4O3S. The summed E-state index contributed by atoms with van der Waals surface area (Å²) in [5, 5.41) is 3.10. The van der Waals surface area contributed by atoms with E-state index in [-0.39, 0.29) is 11.4 Å². The van der Waals surface area contributed by atoms with Gasteiger partial charge in [0.1, 0.15) is 6.54 Å². The fraction of sp³-hybridized carbons (Fsp3) is 0.190. The molecule has 0 radical (unpaired) electrons. The van der Waals surface area contributed by atoms with Crippen LogP contribution in [-0.4, -0.2) is 30.8 Å². The Morgan fingerprint density at radius 2 is 1.83 bits per heavy atom. The van der Waals surface area contributed by atoms with E-state index in [1.54, 1.807) is 37.3 Å². The quantitative estimate of drug-likeness (QED) is 0.603. The van der Waals surface area contributed by atoms with Crippen molar-refractivity contribution in [1.29, 1.82) is 0 Å². The molecule has 0 unspecified atom stereocenters. The monoisotopic (exact) mass is 444 g/mol. The van der Waals surface area contributed by atoms with Crippen molar-refractivity contribution >= 4 is 33.2 Å². The third-order valence-corrected chi connectivity index (χ3v) is 6.67. The molecule has 0 saturated carbocycles. The molecule has 1 N–H and O–H groups in total. The van der Waals surface area contributed by atoms with E-state index >= 15 is 0 Å². The SMILES string of the molecule is Cc1ccc(S(=O)(=O)N(CC(=O)NCc2cnccn2)c2cccc(Cl)c2C)cc1. The smallest absolute Gasteiger partial charge is 0.264 e. The Morgan fingerprint density at radius 3 is 2.50 bits per heavy atom. The van der Waals surface area contributed by atoms with Gasteiger partial charge >= 0.3 is 0 Å². The van der Waals surface area contributed by atoms with Gasteiger partial charge < -0.3 is 5.32 Å². The van der Waals surface area contributed by atoms with E-state index in [4.69, 9.17) is 11.6 Å². The van der Waals surface area contributed by atoms with E-state index in [0.717, 1.165) is 9.87 Å². The van der Waals surface area contributed by atoms with E-state index in [1.165, 1.54) is 30.7 Å². The first-order chi connectivity index (χ1) is 14.3. The number of anilines is 1. The Bertz CT molecular complexity index is 1140. The van der Waals surface area contributed by atoms with Crippen LogP contribution in [0.1, 0.15) is 16.8 Å². The third kappa shape index (κ3) is 4.95. The highest BCUT2D eigenvalue weighted by Crippen LogP contribution is 2.30. The number of hydrogen-bond acceptors (Lipinski definition) is 5. The Morgan fingerprint density at radius 1 is 1.10 bits per heavy atom. The summed E-state index contributed by atoms with van der Waals surface area (Å²) in [4.78, 5) is 20.8. The Labute approximate surface area is 180 Å². The number of aryl methyl sites for hydroxylation is 1. The van der Waals surface area contributed by atoms with Gasteiger partial charge in [0.15, 0.2) is 0 Å². The fourth-order valence-electron chi connectivity index (χ4n) is 2.80. The molecule has 0 aliphatic rings.